The van der Waals surface area contributed by atoms with Crippen molar-refractivity contribution in [1.82, 2.24) is 4.90 Å². The van der Waals surface area contributed by atoms with Gasteiger partial charge in [-0.05, 0) is 72.6 Å². The Morgan fingerprint density at radius 2 is 1.68 bits per heavy atom. The van der Waals surface area contributed by atoms with Crippen LogP contribution in [-0.2, 0) is 9.59 Å². The second-order valence-electron chi connectivity index (χ2n) is 8.76. The number of thioether (sulfide) groups is 1. The van der Waals surface area contributed by atoms with Crippen molar-refractivity contribution in [1.29, 1.82) is 0 Å². The monoisotopic (exact) mass is 579 g/mol. The van der Waals surface area contributed by atoms with E-state index in [1.54, 1.807) is 49.6 Å². The minimum atomic E-state index is -0.354. The van der Waals surface area contributed by atoms with Crippen LogP contribution < -0.4 is 15.4 Å². The van der Waals surface area contributed by atoms with Gasteiger partial charge in [-0.15, -0.1) is 0 Å². The van der Waals surface area contributed by atoms with Crippen LogP contribution in [0.25, 0.3) is 0 Å². The molecule has 0 bridgehead atoms. The van der Waals surface area contributed by atoms with E-state index >= 15 is 0 Å². The molecule has 0 aliphatic carbocycles. The van der Waals surface area contributed by atoms with E-state index in [1.807, 2.05) is 44.2 Å². The molecule has 1 heterocycles. The summed E-state index contributed by atoms with van der Waals surface area (Å²) in [5, 5.41) is 6.03. The second kappa shape index (κ2) is 11.7. The molecule has 9 heteroatoms. The third-order valence-electron chi connectivity index (χ3n) is 5.45. The van der Waals surface area contributed by atoms with Gasteiger partial charge in [0, 0.05) is 32.9 Å². The summed E-state index contributed by atoms with van der Waals surface area (Å²) in [5.74, 6) is -0.165. The van der Waals surface area contributed by atoms with Crippen LogP contribution in [0.4, 0.5) is 11.4 Å². The number of ether oxygens (including phenoxy) is 1. The summed E-state index contributed by atoms with van der Waals surface area (Å²) in [6, 6.07) is 21.4. The van der Waals surface area contributed by atoms with Gasteiger partial charge in [-0.2, -0.15) is 0 Å². The van der Waals surface area contributed by atoms with Crippen LogP contribution in [0.15, 0.2) is 92.8 Å². The Balaban J connectivity index is 1.58. The van der Waals surface area contributed by atoms with E-state index in [2.05, 4.69) is 26.6 Å². The number of nitrogens with zero attached hydrogens (tertiary/aromatic N) is 1. The quantitative estimate of drug-likeness (QED) is 0.295. The van der Waals surface area contributed by atoms with Crippen LogP contribution in [0.3, 0.4) is 0 Å². The molecule has 7 nitrogen and oxygen atoms in total. The van der Waals surface area contributed by atoms with Gasteiger partial charge in [0.15, 0.2) is 0 Å². The van der Waals surface area contributed by atoms with Crippen LogP contribution in [0, 0.1) is 5.92 Å². The van der Waals surface area contributed by atoms with E-state index in [0.29, 0.717) is 39.0 Å². The number of carbonyl (C=O) groups is 3. The van der Waals surface area contributed by atoms with Crippen LogP contribution in [-0.4, -0.2) is 36.3 Å². The SMILES string of the molecule is COc1ccc(C(=O)Nc2cccc(SC3=C(Nc4ccc(Br)cc4)C(=O)N(CC(C)C)C3=O)c2)cc1. The molecule has 0 saturated carbocycles. The number of amides is 3. The summed E-state index contributed by atoms with van der Waals surface area (Å²) < 4.78 is 6.05. The highest BCUT2D eigenvalue weighted by Crippen LogP contribution is 2.37. The molecule has 2 N–H and O–H groups in total. The molecule has 3 aromatic carbocycles. The number of nitrogens with one attached hydrogen (secondary N) is 2. The van der Waals surface area contributed by atoms with Crippen molar-refractivity contribution in [2.75, 3.05) is 24.3 Å². The maximum Gasteiger partial charge on any atom is 0.278 e. The van der Waals surface area contributed by atoms with Crippen molar-refractivity contribution < 1.29 is 19.1 Å². The Kier molecular flexibility index (Phi) is 8.35. The Labute approximate surface area is 228 Å². The zero-order chi connectivity index (χ0) is 26.5. The van der Waals surface area contributed by atoms with E-state index in [-0.39, 0.29) is 29.3 Å². The summed E-state index contributed by atoms with van der Waals surface area (Å²) >= 11 is 4.60. The molecule has 0 fully saturated rings. The lowest BCUT2D eigenvalue weighted by Gasteiger charge is -2.17. The molecule has 1 aliphatic rings. The fourth-order valence-corrected chi connectivity index (χ4v) is 4.94. The molecule has 37 heavy (non-hydrogen) atoms. The lowest BCUT2D eigenvalue weighted by atomic mass is 10.2. The minimum absolute atomic E-state index is 0.127. The van der Waals surface area contributed by atoms with Crippen LogP contribution in [0.5, 0.6) is 5.75 Å². The third kappa shape index (κ3) is 6.42. The van der Waals surface area contributed by atoms with E-state index in [4.69, 9.17) is 4.74 Å². The summed E-state index contributed by atoms with van der Waals surface area (Å²) in [6.07, 6.45) is 0. The fourth-order valence-electron chi connectivity index (χ4n) is 3.67. The number of benzene rings is 3. The Morgan fingerprint density at radius 3 is 2.32 bits per heavy atom. The van der Waals surface area contributed by atoms with Crippen molar-refractivity contribution in [2.45, 2.75) is 18.7 Å². The van der Waals surface area contributed by atoms with Crippen molar-refractivity contribution in [3.8, 4) is 5.75 Å². The molecular formula is C28H26BrN3O4S. The molecule has 0 aromatic heterocycles. The Morgan fingerprint density at radius 1 is 0.973 bits per heavy atom. The number of anilines is 2. The number of rotatable bonds is 9. The number of halogens is 1. The Hall–Kier alpha value is -3.56. The topological polar surface area (TPSA) is 87.7 Å². The third-order valence-corrected chi connectivity index (χ3v) is 7.05. The normalized spacial score (nSPS) is 13.4. The van der Waals surface area contributed by atoms with Gasteiger partial charge in [-0.1, -0.05) is 47.6 Å². The van der Waals surface area contributed by atoms with Crippen molar-refractivity contribution in [3.05, 3.63) is 93.4 Å². The number of methoxy groups -OCH3 is 1. The highest BCUT2D eigenvalue weighted by molar-refractivity contribution is 9.10. The molecule has 1 aliphatic heterocycles. The van der Waals surface area contributed by atoms with E-state index in [9.17, 15) is 14.4 Å². The summed E-state index contributed by atoms with van der Waals surface area (Å²) in [4.78, 5) is 41.6. The zero-order valence-corrected chi connectivity index (χ0v) is 23.0. The molecule has 3 amide bonds. The van der Waals surface area contributed by atoms with Crippen molar-refractivity contribution >= 4 is 56.8 Å². The molecule has 190 valence electrons. The first kappa shape index (κ1) is 26.5. The van der Waals surface area contributed by atoms with Gasteiger partial charge in [0.2, 0.25) is 0 Å². The van der Waals surface area contributed by atoms with Crippen LogP contribution >= 0.6 is 27.7 Å². The fraction of sp³-hybridized carbons (Fsp3) is 0.179. The molecule has 4 rings (SSSR count). The van der Waals surface area contributed by atoms with Gasteiger partial charge in [0.05, 0.1) is 7.11 Å². The predicted octanol–water partition coefficient (Wildman–Crippen LogP) is 6.15. The minimum Gasteiger partial charge on any atom is -0.497 e. The average molecular weight is 581 g/mol. The lowest BCUT2D eigenvalue weighted by Crippen LogP contribution is -2.35. The number of imide groups is 1. The first-order valence-corrected chi connectivity index (χ1v) is 13.2. The van der Waals surface area contributed by atoms with Gasteiger partial charge in [0.25, 0.3) is 17.7 Å². The highest BCUT2D eigenvalue weighted by atomic mass is 79.9. The van der Waals surface area contributed by atoms with Gasteiger partial charge in [-0.25, -0.2) is 0 Å². The standard InChI is InChI=1S/C28H26BrN3O4S/c1-17(2)16-32-27(34)24(30-20-11-9-19(29)10-12-20)25(28(32)35)37-23-6-4-5-21(15-23)31-26(33)18-7-13-22(36-3)14-8-18/h4-15,17,30H,16H2,1-3H3,(H,31,33). The Bertz CT molecular complexity index is 1350. The predicted molar refractivity (Wildman–Crippen MR) is 150 cm³/mol. The molecule has 0 atom stereocenters. The number of hydrogen-bond acceptors (Lipinski definition) is 6. The van der Waals surface area contributed by atoms with Gasteiger partial charge >= 0.3 is 0 Å². The zero-order valence-electron chi connectivity index (χ0n) is 20.6. The van der Waals surface area contributed by atoms with Crippen LogP contribution in [0.1, 0.15) is 24.2 Å². The summed E-state index contributed by atoms with van der Waals surface area (Å²) in [6.45, 7) is 4.25. The number of hydrogen-bond donors (Lipinski definition) is 2. The van der Waals surface area contributed by atoms with Crippen molar-refractivity contribution in [2.24, 2.45) is 5.92 Å². The van der Waals surface area contributed by atoms with Gasteiger partial charge in [0.1, 0.15) is 16.4 Å². The highest BCUT2D eigenvalue weighted by Gasteiger charge is 2.39. The second-order valence-corrected chi connectivity index (χ2v) is 10.8. The van der Waals surface area contributed by atoms with Crippen LogP contribution in [0.2, 0.25) is 0 Å². The molecule has 0 radical (unpaired) electrons. The number of carbonyl (C=O) groups excluding carboxylic acids is 3. The smallest absolute Gasteiger partial charge is 0.278 e. The lowest BCUT2D eigenvalue weighted by molar-refractivity contribution is -0.137. The van der Waals surface area contributed by atoms with Gasteiger partial charge in [-0.3, -0.25) is 19.3 Å². The van der Waals surface area contributed by atoms with E-state index < -0.39 is 0 Å². The molecule has 0 unspecified atom stereocenters. The van der Waals surface area contributed by atoms with E-state index in [1.165, 1.54) is 16.7 Å². The summed E-state index contributed by atoms with van der Waals surface area (Å²) in [7, 11) is 1.57. The molecular weight excluding hydrogens is 554 g/mol. The van der Waals surface area contributed by atoms with E-state index in [0.717, 1.165) is 4.47 Å². The average Bonchev–Trinajstić information content (AvgIpc) is 3.09. The molecule has 0 spiro atoms. The first-order valence-electron chi connectivity index (χ1n) is 11.6. The largest absolute Gasteiger partial charge is 0.497 e. The molecule has 0 saturated heterocycles. The summed E-state index contributed by atoms with van der Waals surface area (Å²) in [5.41, 5.74) is 2.00. The first-order chi connectivity index (χ1) is 17.7. The van der Waals surface area contributed by atoms with Crippen molar-refractivity contribution in [3.63, 3.8) is 0 Å². The maximum absolute atomic E-state index is 13.3. The molecule has 3 aromatic rings. The van der Waals surface area contributed by atoms with Gasteiger partial charge < -0.3 is 15.4 Å². The maximum atomic E-state index is 13.3.